The minimum atomic E-state index is -0.145. The third kappa shape index (κ3) is 4.72. The Bertz CT molecular complexity index is 833. The molecule has 2 aromatic rings. The standard InChI is InChI=1S/C20H29N5O2S/c26-19(15-25-20(27)24-9-3-1-2-6-18(24)22-25)21-13-16-7-10-23(11-8-16)14-17-5-4-12-28-17/h4-5,12,16H,1-3,6-11,13-15H2,(H,21,26). The van der Waals surface area contributed by atoms with Gasteiger partial charge in [0.15, 0.2) is 0 Å². The Morgan fingerprint density at radius 2 is 2.07 bits per heavy atom. The van der Waals surface area contributed by atoms with E-state index in [4.69, 9.17) is 0 Å². The second kappa shape index (κ2) is 9.05. The Morgan fingerprint density at radius 1 is 1.21 bits per heavy atom. The molecule has 1 amide bonds. The molecular formula is C20H29N5O2S. The summed E-state index contributed by atoms with van der Waals surface area (Å²) in [5, 5.41) is 9.53. The smallest absolute Gasteiger partial charge is 0.346 e. The lowest BCUT2D eigenvalue weighted by Gasteiger charge is -2.31. The first-order valence-corrected chi connectivity index (χ1v) is 11.2. The van der Waals surface area contributed by atoms with Crippen LogP contribution in [0.1, 0.15) is 42.8 Å². The predicted octanol–water partition coefficient (Wildman–Crippen LogP) is 1.86. The number of likely N-dealkylation sites (tertiary alicyclic amines) is 1. The van der Waals surface area contributed by atoms with Crippen LogP contribution in [0.4, 0.5) is 0 Å². The number of fused-ring (bicyclic) bond motifs is 1. The maximum Gasteiger partial charge on any atom is 0.346 e. The molecule has 1 fully saturated rings. The highest BCUT2D eigenvalue weighted by atomic mass is 32.1. The molecule has 152 valence electrons. The van der Waals surface area contributed by atoms with Gasteiger partial charge in [0, 0.05) is 30.9 Å². The van der Waals surface area contributed by atoms with Crippen molar-refractivity contribution >= 4 is 17.2 Å². The molecule has 0 bridgehead atoms. The normalized spacial score (nSPS) is 18.6. The van der Waals surface area contributed by atoms with Crippen LogP contribution in [0, 0.1) is 5.92 Å². The molecule has 4 rings (SSSR count). The van der Waals surface area contributed by atoms with Crippen LogP contribution >= 0.6 is 11.3 Å². The Morgan fingerprint density at radius 3 is 2.86 bits per heavy atom. The Kier molecular flexibility index (Phi) is 6.26. The predicted molar refractivity (Wildman–Crippen MR) is 109 cm³/mol. The fourth-order valence-corrected chi connectivity index (χ4v) is 4.90. The van der Waals surface area contributed by atoms with Gasteiger partial charge in [0.2, 0.25) is 5.91 Å². The summed E-state index contributed by atoms with van der Waals surface area (Å²) in [5.74, 6) is 1.23. The van der Waals surface area contributed by atoms with E-state index in [2.05, 4.69) is 32.8 Å². The molecule has 0 unspecified atom stereocenters. The van der Waals surface area contributed by atoms with Crippen LogP contribution in [0.5, 0.6) is 0 Å². The van der Waals surface area contributed by atoms with Crippen LogP contribution < -0.4 is 11.0 Å². The SMILES string of the molecule is O=C(Cn1nc2n(c1=O)CCCCC2)NCC1CCN(Cc2cccs2)CC1. The highest BCUT2D eigenvalue weighted by Gasteiger charge is 2.21. The van der Waals surface area contributed by atoms with Gasteiger partial charge in [0.25, 0.3) is 0 Å². The number of aromatic nitrogens is 3. The quantitative estimate of drug-likeness (QED) is 0.799. The van der Waals surface area contributed by atoms with E-state index in [-0.39, 0.29) is 18.1 Å². The van der Waals surface area contributed by atoms with E-state index >= 15 is 0 Å². The van der Waals surface area contributed by atoms with Gasteiger partial charge in [-0.3, -0.25) is 14.3 Å². The monoisotopic (exact) mass is 403 g/mol. The van der Waals surface area contributed by atoms with Gasteiger partial charge in [-0.15, -0.1) is 11.3 Å². The van der Waals surface area contributed by atoms with Gasteiger partial charge in [-0.25, -0.2) is 9.48 Å². The lowest BCUT2D eigenvalue weighted by Crippen LogP contribution is -2.40. The molecule has 0 aromatic carbocycles. The number of hydrogen-bond acceptors (Lipinski definition) is 5. The van der Waals surface area contributed by atoms with E-state index < -0.39 is 0 Å². The highest BCUT2D eigenvalue weighted by Crippen LogP contribution is 2.20. The molecule has 28 heavy (non-hydrogen) atoms. The molecule has 0 saturated carbocycles. The molecule has 8 heteroatoms. The summed E-state index contributed by atoms with van der Waals surface area (Å²) in [6.07, 6.45) is 6.24. The van der Waals surface area contributed by atoms with Crippen LogP contribution in [0.15, 0.2) is 22.3 Å². The van der Waals surface area contributed by atoms with Gasteiger partial charge in [0.1, 0.15) is 12.4 Å². The van der Waals surface area contributed by atoms with Gasteiger partial charge in [-0.1, -0.05) is 12.5 Å². The minimum absolute atomic E-state index is 0.0239. The van der Waals surface area contributed by atoms with Gasteiger partial charge in [0.05, 0.1) is 0 Å². The molecule has 0 atom stereocenters. The number of nitrogens with one attached hydrogen (secondary N) is 1. The van der Waals surface area contributed by atoms with Gasteiger partial charge < -0.3 is 5.32 Å². The topological polar surface area (TPSA) is 72.2 Å². The average Bonchev–Trinajstić information content (AvgIpc) is 3.23. The molecule has 7 nitrogen and oxygen atoms in total. The number of carbonyl (C=O) groups excluding carboxylic acids is 1. The molecule has 2 aromatic heterocycles. The zero-order valence-corrected chi connectivity index (χ0v) is 17.1. The number of nitrogens with zero attached hydrogens (tertiary/aromatic N) is 4. The van der Waals surface area contributed by atoms with Crippen LogP contribution in [0.2, 0.25) is 0 Å². The summed E-state index contributed by atoms with van der Waals surface area (Å²) in [6.45, 7) is 4.62. The first-order chi connectivity index (χ1) is 13.7. The van der Waals surface area contributed by atoms with E-state index in [0.717, 1.165) is 70.5 Å². The zero-order chi connectivity index (χ0) is 19.3. The maximum atomic E-state index is 12.5. The fraction of sp³-hybridized carbons (Fsp3) is 0.650. The molecule has 2 aliphatic heterocycles. The van der Waals surface area contributed by atoms with Crippen LogP contribution in [0.3, 0.4) is 0 Å². The first-order valence-electron chi connectivity index (χ1n) is 10.4. The Labute approximate surface area is 169 Å². The van der Waals surface area contributed by atoms with E-state index in [1.165, 1.54) is 9.56 Å². The van der Waals surface area contributed by atoms with Crippen molar-refractivity contribution in [3.05, 3.63) is 38.7 Å². The molecule has 0 radical (unpaired) electrons. The molecule has 4 heterocycles. The summed E-state index contributed by atoms with van der Waals surface area (Å²) in [6, 6.07) is 4.29. The number of amides is 1. The van der Waals surface area contributed by atoms with Gasteiger partial charge >= 0.3 is 5.69 Å². The molecular weight excluding hydrogens is 374 g/mol. The van der Waals surface area contributed by atoms with Crippen LogP contribution in [-0.4, -0.2) is 44.8 Å². The van der Waals surface area contributed by atoms with Crippen molar-refractivity contribution in [1.82, 2.24) is 24.6 Å². The second-order valence-corrected chi connectivity index (χ2v) is 8.95. The number of hydrogen-bond donors (Lipinski definition) is 1. The average molecular weight is 404 g/mol. The zero-order valence-electron chi connectivity index (χ0n) is 16.3. The van der Waals surface area contributed by atoms with Crippen LogP contribution in [0.25, 0.3) is 0 Å². The van der Waals surface area contributed by atoms with Gasteiger partial charge in [-0.2, -0.15) is 5.10 Å². The third-order valence-corrected chi connectivity index (χ3v) is 6.69. The number of thiophene rings is 1. The number of aryl methyl sites for hydroxylation is 1. The summed E-state index contributed by atoms with van der Waals surface area (Å²) in [4.78, 5) is 28.7. The van der Waals surface area contributed by atoms with Crippen molar-refractivity contribution in [2.75, 3.05) is 19.6 Å². The largest absolute Gasteiger partial charge is 0.354 e. The molecule has 2 aliphatic rings. The van der Waals surface area contributed by atoms with E-state index in [0.29, 0.717) is 12.5 Å². The van der Waals surface area contributed by atoms with Crippen molar-refractivity contribution in [3.63, 3.8) is 0 Å². The lowest BCUT2D eigenvalue weighted by atomic mass is 9.97. The van der Waals surface area contributed by atoms with Crippen molar-refractivity contribution in [2.45, 2.75) is 58.2 Å². The van der Waals surface area contributed by atoms with E-state index in [1.807, 2.05) is 11.3 Å². The summed E-state index contributed by atoms with van der Waals surface area (Å²) >= 11 is 1.81. The third-order valence-electron chi connectivity index (χ3n) is 5.83. The number of rotatable bonds is 6. The fourth-order valence-electron chi connectivity index (χ4n) is 4.15. The van der Waals surface area contributed by atoms with E-state index in [1.54, 1.807) is 4.57 Å². The lowest BCUT2D eigenvalue weighted by molar-refractivity contribution is -0.122. The first kappa shape index (κ1) is 19.4. The van der Waals surface area contributed by atoms with Gasteiger partial charge in [-0.05, 0) is 56.1 Å². The molecule has 0 aliphatic carbocycles. The Hall–Kier alpha value is -1.93. The maximum absolute atomic E-state index is 12.5. The summed E-state index contributed by atoms with van der Waals surface area (Å²) < 4.78 is 3.07. The second-order valence-electron chi connectivity index (χ2n) is 7.92. The minimum Gasteiger partial charge on any atom is -0.354 e. The molecule has 1 N–H and O–H groups in total. The summed E-state index contributed by atoms with van der Waals surface area (Å²) in [5.41, 5.74) is -0.145. The van der Waals surface area contributed by atoms with E-state index in [9.17, 15) is 9.59 Å². The van der Waals surface area contributed by atoms with Crippen LogP contribution in [-0.2, 0) is 30.8 Å². The molecule has 0 spiro atoms. The van der Waals surface area contributed by atoms with Crippen molar-refractivity contribution in [2.24, 2.45) is 5.92 Å². The number of carbonyl (C=O) groups is 1. The van der Waals surface area contributed by atoms with Crippen molar-refractivity contribution < 1.29 is 4.79 Å². The number of piperidine rings is 1. The van der Waals surface area contributed by atoms with Crippen molar-refractivity contribution in [3.8, 4) is 0 Å². The highest BCUT2D eigenvalue weighted by molar-refractivity contribution is 7.09. The van der Waals surface area contributed by atoms with Crippen molar-refractivity contribution in [1.29, 1.82) is 0 Å². The summed E-state index contributed by atoms with van der Waals surface area (Å²) in [7, 11) is 0. The molecule has 1 saturated heterocycles. The Balaban J connectivity index is 1.22.